The predicted molar refractivity (Wildman–Crippen MR) is 69.3 cm³/mol. The maximum atomic E-state index is 11.5. The van der Waals surface area contributed by atoms with Gasteiger partial charge in [-0.1, -0.05) is 15.9 Å². The number of aryl methyl sites for hydroxylation is 1. The van der Waals surface area contributed by atoms with E-state index in [4.69, 9.17) is 0 Å². The molecular weight excluding hydrogens is 302 g/mol. The molecule has 6 heteroatoms. The highest BCUT2D eigenvalue weighted by Gasteiger charge is 2.11. The molecule has 0 N–H and O–H groups in total. The second kappa shape index (κ2) is 5.01. The Bertz CT molecular complexity index is 568. The zero-order valence-corrected chi connectivity index (χ0v) is 11.7. The van der Waals surface area contributed by atoms with Gasteiger partial charge in [-0.05, 0) is 36.9 Å². The van der Waals surface area contributed by atoms with Crippen LogP contribution in [0.25, 0.3) is 0 Å². The first kappa shape index (κ1) is 12.3. The molecule has 1 aromatic heterocycles. The van der Waals surface area contributed by atoms with Crippen LogP contribution in [0.3, 0.4) is 0 Å². The molecule has 0 saturated heterocycles. The van der Waals surface area contributed by atoms with E-state index in [-0.39, 0.29) is 5.78 Å². The van der Waals surface area contributed by atoms with Gasteiger partial charge in [-0.2, -0.15) is 0 Å². The van der Waals surface area contributed by atoms with E-state index in [1.807, 2.05) is 29.8 Å². The van der Waals surface area contributed by atoms with Gasteiger partial charge in [0.2, 0.25) is 0 Å². The normalized spacial score (nSPS) is 10.5. The fraction of sp³-hybridized carbons (Fsp3) is 0.182. The van der Waals surface area contributed by atoms with E-state index in [0.717, 1.165) is 14.5 Å². The van der Waals surface area contributed by atoms with E-state index in [9.17, 15) is 4.79 Å². The number of halogens is 1. The van der Waals surface area contributed by atoms with E-state index in [1.54, 1.807) is 13.3 Å². The number of nitrogens with zero attached hydrogens (tertiary/aromatic N) is 3. The first-order chi connectivity index (χ1) is 8.08. The molecule has 2 rings (SSSR count). The highest BCUT2D eigenvalue weighted by molar-refractivity contribution is 9.10. The minimum atomic E-state index is 0.0437. The molecule has 0 saturated carbocycles. The van der Waals surface area contributed by atoms with E-state index < -0.39 is 0 Å². The van der Waals surface area contributed by atoms with Crippen LogP contribution < -0.4 is 0 Å². The second-order valence-corrected chi connectivity index (χ2v) is 5.45. The van der Waals surface area contributed by atoms with Gasteiger partial charge >= 0.3 is 0 Å². The van der Waals surface area contributed by atoms with E-state index in [1.165, 1.54) is 11.8 Å². The van der Waals surface area contributed by atoms with Crippen LogP contribution in [-0.2, 0) is 7.05 Å². The Balaban J connectivity index is 2.41. The second-order valence-electron chi connectivity index (χ2n) is 3.52. The maximum Gasteiger partial charge on any atom is 0.195 e. The number of carbonyl (C=O) groups excluding carboxylic acids is 1. The highest BCUT2D eigenvalue weighted by atomic mass is 79.9. The van der Waals surface area contributed by atoms with Crippen LogP contribution in [0.2, 0.25) is 0 Å². The van der Waals surface area contributed by atoms with E-state index in [0.29, 0.717) is 5.56 Å². The minimum absolute atomic E-state index is 0.0437. The van der Waals surface area contributed by atoms with E-state index in [2.05, 4.69) is 26.1 Å². The van der Waals surface area contributed by atoms with Gasteiger partial charge in [0.1, 0.15) is 6.33 Å². The van der Waals surface area contributed by atoms with Gasteiger partial charge < -0.3 is 4.57 Å². The Labute approximate surface area is 112 Å². The van der Waals surface area contributed by atoms with Crippen molar-refractivity contribution in [1.82, 2.24) is 14.8 Å². The number of carbonyl (C=O) groups is 1. The molecule has 1 aromatic carbocycles. The Morgan fingerprint density at radius 3 is 2.82 bits per heavy atom. The van der Waals surface area contributed by atoms with Crippen LogP contribution in [0.5, 0.6) is 0 Å². The largest absolute Gasteiger partial charge is 0.311 e. The summed E-state index contributed by atoms with van der Waals surface area (Å²) >= 11 is 4.83. The van der Waals surface area contributed by atoms with Gasteiger partial charge in [0.25, 0.3) is 0 Å². The minimum Gasteiger partial charge on any atom is -0.311 e. The van der Waals surface area contributed by atoms with Gasteiger partial charge in [0.15, 0.2) is 10.9 Å². The van der Waals surface area contributed by atoms with Crippen molar-refractivity contribution >= 4 is 33.5 Å². The van der Waals surface area contributed by atoms with Crippen molar-refractivity contribution in [1.29, 1.82) is 0 Å². The molecule has 0 bridgehead atoms. The number of aromatic nitrogens is 3. The molecule has 0 aliphatic heterocycles. The summed E-state index contributed by atoms with van der Waals surface area (Å²) in [5.74, 6) is 0.0437. The Morgan fingerprint density at radius 2 is 2.24 bits per heavy atom. The molecule has 1 heterocycles. The van der Waals surface area contributed by atoms with Crippen LogP contribution in [0.15, 0.2) is 39.1 Å². The summed E-state index contributed by atoms with van der Waals surface area (Å²) in [6.07, 6.45) is 1.63. The lowest BCUT2D eigenvalue weighted by molar-refractivity contribution is 0.101. The van der Waals surface area contributed by atoms with Crippen LogP contribution >= 0.6 is 27.7 Å². The summed E-state index contributed by atoms with van der Waals surface area (Å²) in [7, 11) is 1.87. The molecule has 2 aromatic rings. The quantitative estimate of drug-likeness (QED) is 0.818. The van der Waals surface area contributed by atoms with E-state index >= 15 is 0 Å². The fourth-order valence-electron chi connectivity index (χ4n) is 1.33. The number of hydrogen-bond donors (Lipinski definition) is 0. The number of ketones is 1. The lowest BCUT2D eigenvalue weighted by atomic mass is 10.1. The molecule has 88 valence electrons. The van der Waals surface area contributed by atoms with Gasteiger partial charge in [-0.25, -0.2) is 0 Å². The molecule has 0 amide bonds. The molecule has 17 heavy (non-hydrogen) atoms. The van der Waals surface area contributed by atoms with Crippen molar-refractivity contribution in [2.45, 2.75) is 17.0 Å². The third-order valence-corrected chi connectivity index (χ3v) is 3.80. The smallest absolute Gasteiger partial charge is 0.195 e. The lowest BCUT2D eigenvalue weighted by Gasteiger charge is -2.06. The van der Waals surface area contributed by atoms with Crippen molar-refractivity contribution in [3.05, 3.63) is 34.6 Å². The van der Waals surface area contributed by atoms with Crippen molar-refractivity contribution in [2.24, 2.45) is 7.05 Å². The summed E-state index contributed by atoms with van der Waals surface area (Å²) in [5.41, 5.74) is 0.696. The maximum absolute atomic E-state index is 11.5. The average molecular weight is 312 g/mol. The third kappa shape index (κ3) is 2.76. The average Bonchev–Trinajstić information content (AvgIpc) is 2.64. The van der Waals surface area contributed by atoms with Crippen LogP contribution in [-0.4, -0.2) is 20.5 Å². The molecule has 0 fully saturated rings. The monoisotopic (exact) mass is 311 g/mol. The standard InChI is InChI=1S/C11H10BrN3OS/c1-7(16)9-4-3-8(12)5-10(9)17-11-14-13-6-15(11)2/h3-6H,1-2H3. The van der Waals surface area contributed by atoms with Crippen LogP contribution in [0.1, 0.15) is 17.3 Å². The topological polar surface area (TPSA) is 47.8 Å². The Morgan fingerprint density at radius 1 is 1.47 bits per heavy atom. The molecule has 0 radical (unpaired) electrons. The third-order valence-electron chi connectivity index (χ3n) is 2.19. The first-order valence-corrected chi connectivity index (χ1v) is 6.51. The van der Waals surface area contributed by atoms with Gasteiger partial charge in [0, 0.05) is 22.0 Å². The van der Waals surface area contributed by atoms with Gasteiger partial charge in [-0.15, -0.1) is 10.2 Å². The Kier molecular flexibility index (Phi) is 3.63. The molecule has 0 unspecified atom stereocenters. The Hall–Kier alpha value is -1.14. The zero-order valence-electron chi connectivity index (χ0n) is 9.35. The molecule has 4 nitrogen and oxygen atoms in total. The van der Waals surface area contributed by atoms with Crippen molar-refractivity contribution in [3.63, 3.8) is 0 Å². The molecular formula is C11H10BrN3OS. The van der Waals surface area contributed by atoms with Crippen LogP contribution in [0.4, 0.5) is 0 Å². The van der Waals surface area contributed by atoms with Gasteiger partial charge in [0.05, 0.1) is 0 Å². The van der Waals surface area contributed by atoms with Crippen molar-refractivity contribution < 1.29 is 4.79 Å². The van der Waals surface area contributed by atoms with Gasteiger partial charge in [-0.3, -0.25) is 4.79 Å². The molecule has 0 aliphatic rings. The lowest BCUT2D eigenvalue weighted by Crippen LogP contribution is -1.96. The number of Topliss-reactive ketones (excluding diaryl/α,β-unsaturated/α-hetero) is 1. The molecule has 0 atom stereocenters. The first-order valence-electron chi connectivity index (χ1n) is 4.90. The van der Waals surface area contributed by atoms with Crippen molar-refractivity contribution in [2.75, 3.05) is 0 Å². The summed E-state index contributed by atoms with van der Waals surface area (Å²) in [6.45, 7) is 1.56. The summed E-state index contributed by atoms with van der Waals surface area (Å²) < 4.78 is 2.75. The summed E-state index contributed by atoms with van der Waals surface area (Å²) in [5, 5.41) is 8.56. The van der Waals surface area contributed by atoms with Crippen LogP contribution in [0, 0.1) is 0 Å². The fourth-order valence-corrected chi connectivity index (χ4v) is 2.83. The molecule has 0 spiro atoms. The summed E-state index contributed by atoms with van der Waals surface area (Å²) in [4.78, 5) is 12.4. The highest BCUT2D eigenvalue weighted by Crippen LogP contribution is 2.31. The SMILES string of the molecule is CC(=O)c1ccc(Br)cc1Sc1nncn1C. The number of hydrogen-bond acceptors (Lipinski definition) is 4. The zero-order chi connectivity index (χ0) is 12.4. The summed E-state index contributed by atoms with van der Waals surface area (Å²) in [6, 6.07) is 5.58. The van der Waals surface area contributed by atoms with Crippen molar-refractivity contribution in [3.8, 4) is 0 Å². The molecule has 0 aliphatic carbocycles. The number of benzene rings is 1. The number of rotatable bonds is 3. The predicted octanol–water partition coefficient (Wildman–Crippen LogP) is 2.93.